The summed E-state index contributed by atoms with van der Waals surface area (Å²) in [5, 5.41) is 13.2. The first kappa shape index (κ1) is 18.8. The van der Waals surface area contributed by atoms with Gasteiger partial charge >= 0.3 is 0 Å². The fourth-order valence-electron chi connectivity index (χ4n) is 2.11. The van der Waals surface area contributed by atoms with Crippen LogP contribution in [0.15, 0.2) is 59.7 Å². The first-order valence-electron chi connectivity index (χ1n) is 7.38. The third kappa shape index (κ3) is 5.47. The number of azide groups is 1. The molecule has 0 aromatic heterocycles. The summed E-state index contributed by atoms with van der Waals surface area (Å²) in [6, 6.07) is 15.3. The number of hydrogen-bond acceptors (Lipinski definition) is 5. The molecule has 0 amide bonds. The maximum absolute atomic E-state index is 12.0. The molecule has 1 N–H and O–H groups in total. The van der Waals surface area contributed by atoms with Crippen LogP contribution < -0.4 is 4.47 Å². The second-order valence-electron chi connectivity index (χ2n) is 5.27. The largest absolute Gasteiger partial charge is 0.388 e. The molecule has 0 aliphatic heterocycles. The Balaban J connectivity index is 2.16. The van der Waals surface area contributed by atoms with Crippen molar-refractivity contribution in [3.63, 3.8) is 0 Å². The monoisotopic (exact) mass is 362 g/mol. The number of sulfonamides is 1. The maximum Gasteiger partial charge on any atom is 0.254 e. The van der Waals surface area contributed by atoms with E-state index in [2.05, 4.69) is 10.0 Å². The van der Waals surface area contributed by atoms with Gasteiger partial charge in [-0.25, -0.2) is 8.42 Å². The van der Waals surface area contributed by atoms with Crippen molar-refractivity contribution in [1.82, 2.24) is 0 Å². The van der Waals surface area contributed by atoms with Gasteiger partial charge in [0.1, 0.15) is 6.61 Å². The van der Waals surface area contributed by atoms with Crippen molar-refractivity contribution >= 4 is 15.7 Å². The van der Waals surface area contributed by atoms with E-state index in [1.54, 1.807) is 12.1 Å². The van der Waals surface area contributed by atoms with E-state index >= 15 is 0 Å². The Labute approximate surface area is 145 Å². The Morgan fingerprint density at radius 2 is 1.84 bits per heavy atom. The van der Waals surface area contributed by atoms with Gasteiger partial charge in [-0.15, -0.1) is 4.47 Å². The van der Waals surface area contributed by atoms with E-state index < -0.39 is 16.1 Å². The Bertz CT molecular complexity index is 834. The Hall–Kier alpha value is -2.58. The molecular formula is C16H18N4O4S. The van der Waals surface area contributed by atoms with Crippen molar-refractivity contribution in [3.05, 3.63) is 76.2 Å². The van der Waals surface area contributed by atoms with Crippen LogP contribution in [-0.4, -0.2) is 26.3 Å². The number of aliphatic hydroxyl groups excluding tert-OH is 1. The van der Waals surface area contributed by atoms with Crippen molar-refractivity contribution in [3.8, 4) is 0 Å². The molecule has 2 aromatic rings. The molecule has 0 saturated heterocycles. The molecule has 8 nitrogen and oxygen atoms in total. The number of hydrogen-bond donors (Lipinski definition) is 1. The summed E-state index contributed by atoms with van der Waals surface area (Å²) in [5.74, 6) is 0. The van der Waals surface area contributed by atoms with Gasteiger partial charge in [-0.1, -0.05) is 47.6 Å². The van der Waals surface area contributed by atoms with Crippen molar-refractivity contribution in [2.24, 2.45) is 5.11 Å². The lowest BCUT2D eigenvalue weighted by Crippen LogP contribution is -2.30. The zero-order valence-electron chi connectivity index (χ0n) is 13.6. The van der Waals surface area contributed by atoms with E-state index in [4.69, 9.17) is 10.4 Å². The van der Waals surface area contributed by atoms with Gasteiger partial charge in [0.05, 0.1) is 24.6 Å². The smallest absolute Gasteiger partial charge is 0.254 e. The number of nitrogens with zero attached hydrogens (tertiary/aromatic N) is 4. The molecule has 0 spiro atoms. The van der Waals surface area contributed by atoms with E-state index in [1.807, 2.05) is 30.3 Å². The highest BCUT2D eigenvalue weighted by Gasteiger charge is 2.19. The lowest BCUT2D eigenvalue weighted by atomic mass is 10.1. The van der Waals surface area contributed by atoms with Crippen molar-refractivity contribution < 1.29 is 18.4 Å². The fourth-order valence-corrected chi connectivity index (χ4v) is 2.86. The Kier molecular flexibility index (Phi) is 6.37. The SMILES string of the molecule is CS(=O)(=O)N(OCc1ccccc1)c1ccc(C(O)CN=[N+]=[N-])cc1. The third-order valence-corrected chi connectivity index (χ3v) is 4.22. The summed E-state index contributed by atoms with van der Waals surface area (Å²) < 4.78 is 24.9. The van der Waals surface area contributed by atoms with E-state index in [0.717, 1.165) is 16.3 Å². The molecule has 1 unspecified atom stereocenters. The van der Waals surface area contributed by atoms with Gasteiger partial charge in [-0.3, -0.25) is 4.84 Å². The maximum atomic E-state index is 12.0. The highest BCUT2D eigenvalue weighted by Crippen LogP contribution is 2.22. The lowest BCUT2D eigenvalue weighted by Gasteiger charge is -2.22. The molecule has 25 heavy (non-hydrogen) atoms. The summed E-state index contributed by atoms with van der Waals surface area (Å²) in [6.07, 6.45) is 0.0874. The van der Waals surface area contributed by atoms with Gasteiger partial charge < -0.3 is 5.11 Å². The Morgan fingerprint density at radius 1 is 1.20 bits per heavy atom. The van der Waals surface area contributed by atoms with Gasteiger partial charge in [-0.05, 0) is 28.8 Å². The topological polar surface area (TPSA) is 116 Å². The first-order chi connectivity index (χ1) is 11.9. The van der Waals surface area contributed by atoms with Crippen LogP contribution in [0.1, 0.15) is 17.2 Å². The second-order valence-corrected chi connectivity index (χ2v) is 7.07. The average Bonchev–Trinajstić information content (AvgIpc) is 2.60. The van der Waals surface area contributed by atoms with Crippen molar-refractivity contribution in [2.45, 2.75) is 12.7 Å². The predicted molar refractivity (Wildman–Crippen MR) is 94.0 cm³/mol. The predicted octanol–water partition coefficient (Wildman–Crippen LogP) is 2.93. The molecule has 2 aromatic carbocycles. The molecule has 0 aliphatic rings. The summed E-state index contributed by atoms with van der Waals surface area (Å²) in [7, 11) is -3.65. The number of rotatable bonds is 8. The van der Waals surface area contributed by atoms with Gasteiger partial charge in [0, 0.05) is 4.91 Å². The van der Waals surface area contributed by atoms with E-state index in [-0.39, 0.29) is 13.2 Å². The molecule has 0 heterocycles. The van der Waals surface area contributed by atoms with Crippen LogP contribution in [0.25, 0.3) is 10.4 Å². The highest BCUT2D eigenvalue weighted by atomic mass is 32.2. The summed E-state index contributed by atoms with van der Waals surface area (Å²) in [4.78, 5) is 8.05. The first-order valence-corrected chi connectivity index (χ1v) is 9.22. The molecule has 0 saturated carbocycles. The van der Waals surface area contributed by atoms with E-state index in [0.29, 0.717) is 11.3 Å². The molecule has 0 bridgehead atoms. The van der Waals surface area contributed by atoms with Gasteiger partial charge in [-0.2, -0.15) is 0 Å². The van der Waals surface area contributed by atoms with Crippen LogP contribution in [0.4, 0.5) is 5.69 Å². The van der Waals surface area contributed by atoms with Gasteiger partial charge in [0.25, 0.3) is 10.0 Å². The minimum atomic E-state index is -3.65. The summed E-state index contributed by atoms with van der Waals surface area (Å²) in [5.41, 5.74) is 9.92. The third-order valence-electron chi connectivity index (χ3n) is 3.30. The number of aliphatic hydroxyl groups is 1. The molecule has 1 atom stereocenters. The molecule has 0 aliphatic carbocycles. The van der Waals surface area contributed by atoms with Crippen LogP contribution in [0.2, 0.25) is 0 Å². The zero-order valence-corrected chi connectivity index (χ0v) is 14.4. The van der Waals surface area contributed by atoms with Crippen LogP contribution in [0.5, 0.6) is 0 Å². The minimum Gasteiger partial charge on any atom is -0.388 e. The standard InChI is InChI=1S/C16H18N4O4S/c1-25(22,23)20(24-12-13-5-3-2-4-6-13)15-9-7-14(8-10-15)16(21)11-18-19-17/h2-10,16,21H,11-12H2,1H3. The molecule has 0 radical (unpaired) electrons. The van der Waals surface area contributed by atoms with Crippen LogP contribution in [-0.2, 0) is 21.5 Å². The molecule has 2 rings (SSSR count). The fraction of sp³-hybridized carbons (Fsp3) is 0.250. The second kappa shape index (κ2) is 8.50. The average molecular weight is 362 g/mol. The van der Waals surface area contributed by atoms with Gasteiger partial charge in [0.15, 0.2) is 0 Å². The zero-order chi connectivity index (χ0) is 18.3. The van der Waals surface area contributed by atoms with Crippen molar-refractivity contribution in [2.75, 3.05) is 17.3 Å². The summed E-state index contributed by atoms with van der Waals surface area (Å²) >= 11 is 0. The minimum absolute atomic E-state index is 0.0924. The van der Waals surface area contributed by atoms with Crippen molar-refractivity contribution in [1.29, 1.82) is 0 Å². The van der Waals surface area contributed by atoms with Crippen LogP contribution >= 0.6 is 0 Å². The summed E-state index contributed by atoms with van der Waals surface area (Å²) in [6.45, 7) is -0.00862. The lowest BCUT2D eigenvalue weighted by molar-refractivity contribution is 0.135. The normalized spacial score (nSPS) is 12.2. The molecule has 0 fully saturated rings. The van der Waals surface area contributed by atoms with Crippen LogP contribution in [0, 0.1) is 0 Å². The highest BCUT2D eigenvalue weighted by molar-refractivity contribution is 7.91. The molecule has 132 valence electrons. The quantitative estimate of drug-likeness (QED) is 0.336. The Morgan fingerprint density at radius 3 is 2.40 bits per heavy atom. The number of anilines is 1. The van der Waals surface area contributed by atoms with Gasteiger partial charge in [0.2, 0.25) is 0 Å². The number of benzene rings is 2. The molecule has 9 heteroatoms. The van der Waals surface area contributed by atoms with Crippen LogP contribution in [0.3, 0.4) is 0 Å². The van der Waals surface area contributed by atoms with E-state index in [1.165, 1.54) is 12.1 Å². The molecular weight excluding hydrogens is 344 g/mol. The van der Waals surface area contributed by atoms with E-state index in [9.17, 15) is 13.5 Å².